The molecule has 1 saturated heterocycles. The normalized spacial score (nSPS) is 22.3. The molecule has 5 rings (SSSR count). The number of allylic oxidation sites excluding steroid dienone is 1. The summed E-state index contributed by atoms with van der Waals surface area (Å²) in [7, 11) is 0. The van der Waals surface area contributed by atoms with E-state index in [0.29, 0.717) is 6.54 Å². The van der Waals surface area contributed by atoms with Gasteiger partial charge in [0.05, 0.1) is 0 Å². The molecule has 3 fully saturated rings. The maximum absolute atomic E-state index is 14.0. The number of carbonyl (C=O) groups excluding carboxylic acids is 2. The molecule has 3 amide bonds. The quantitative estimate of drug-likeness (QED) is 0.582. The van der Waals surface area contributed by atoms with E-state index in [-0.39, 0.29) is 23.9 Å². The van der Waals surface area contributed by atoms with Gasteiger partial charge in [0, 0.05) is 18.3 Å². The highest BCUT2D eigenvalue weighted by Gasteiger charge is 2.47. The zero-order valence-corrected chi connectivity index (χ0v) is 18.7. The molecular formula is C28H32N2O2. The molecule has 0 radical (unpaired) electrons. The summed E-state index contributed by atoms with van der Waals surface area (Å²) < 4.78 is 0. The second-order valence-corrected chi connectivity index (χ2v) is 9.36. The largest absolute Gasteiger partial charge is 0.331 e. The fourth-order valence-corrected chi connectivity index (χ4v) is 5.47. The Kier molecular flexibility index (Phi) is 6.11. The average molecular weight is 429 g/mol. The summed E-state index contributed by atoms with van der Waals surface area (Å²) in [6, 6.07) is 20.4. The first-order valence-corrected chi connectivity index (χ1v) is 12.2. The van der Waals surface area contributed by atoms with Crippen molar-refractivity contribution in [2.75, 3.05) is 6.54 Å². The van der Waals surface area contributed by atoms with Gasteiger partial charge in [-0.1, -0.05) is 79.9 Å². The van der Waals surface area contributed by atoms with Crippen LogP contribution in [0.1, 0.15) is 68.4 Å². The van der Waals surface area contributed by atoms with E-state index in [2.05, 4.69) is 12.1 Å². The molecule has 1 aliphatic heterocycles. The van der Waals surface area contributed by atoms with Crippen molar-refractivity contribution in [3.63, 3.8) is 0 Å². The van der Waals surface area contributed by atoms with Crippen LogP contribution in [0, 0.1) is 0 Å². The Bertz CT molecular complexity index is 987. The minimum absolute atomic E-state index is 0.0153. The zero-order chi connectivity index (χ0) is 21.9. The van der Waals surface area contributed by atoms with Crippen LogP contribution in [0.15, 0.2) is 71.9 Å². The van der Waals surface area contributed by atoms with Crippen LogP contribution in [0.4, 0.5) is 4.79 Å². The van der Waals surface area contributed by atoms with Gasteiger partial charge < -0.3 is 0 Å². The highest BCUT2D eigenvalue weighted by atomic mass is 16.2. The standard InChI is InChI=1S/C28H32N2O2/c31-27-25(22-13-6-2-7-14-22)26(23-15-10-16-23)29(20-19-21-11-4-1-5-12-21)28(32)30(27)24-17-8-3-9-18-24/h1-2,4-7,11-14,24-25H,3,8-10,15-20H2. The highest BCUT2D eigenvalue weighted by molar-refractivity contribution is 6.04. The van der Waals surface area contributed by atoms with Gasteiger partial charge in [0.1, 0.15) is 5.92 Å². The molecule has 2 saturated carbocycles. The van der Waals surface area contributed by atoms with E-state index in [1.165, 1.54) is 17.6 Å². The van der Waals surface area contributed by atoms with E-state index in [0.717, 1.165) is 62.6 Å². The van der Waals surface area contributed by atoms with Crippen LogP contribution >= 0.6 is 0 Å². The van der Waals surface area contributed by atoms with Gasteiger partial charge in [0.15, 0.2) is 0 Å². The number of amides is 3. The lowest BCUT2D eigenvalue weighted by atomic mass is 9.80. The topological polar surface area (TPSA) is 40.6 Å². The van der Waals surface area contributed by atoms with Gasteiger partial charge in [-0.15, -0.1) is 0 Å². The molecule has 2 aromatic carbocycles. The Labute approximate surface area is 190 Å². The van der Waals surface area contributed by atoms with E-state index < -0.39 is 0 Å². The summed E-state index contributed by atoms with van der Waals surface area (Å²) in [5, 5.41) is 0. The van der Waals surface area contributed by atoms with E-state index in [1.54, 1.807) is 4.90 Å². The molecule has 32 heavy (non-hydrogen) atoms. The zero-order valence-electron chi connectivity index (χ0n) is 18.7. The van der Waals surface area contributed by atoms with Gasteiger partial charge >= 0.3 is 6.03 Å². The smallest absolute Gasteiger partial charge is 0.296 e. The lowest BCUT2D eigenvalue weighted by molar-refractivity contribution is -0.134. The van der Waals surface area contributed by atoms with Gasteiger partial charge in [-0.05, 0) is 55.2 Å². The van der Waals surface area contributed by atoms with Gasteiger partial charge in [0.25, 0.3) is 0 Å². The highest BCUT2D eigenvalue weighted by Crippen LogP contribution is 2.43. The van der Waals surface area contributed by atoms with Crippen LogP contribution in [0.3, 0.4) is 0 Å². The molecule has 0 bridgehead atoms. The minimum atomic E-state index is -0.373. The monoisotopic (exact) mass is 428 g/mol. The molecule has 0 N–H and O–H groups in total. The van der Waals surface area contributed by atoms with Crippen molar-refractivity contribution in [3.05, 3.63) is 83.1 Å². The molecule has 2 aromatic rings. The first kappa shape index (κ1) is 21.0. The lowest BCUT2D eigenvalue weighted by Gasteiger charge is -2.46. The number of imide groups is 1. The van der Waals surface area contributed by atoms with Crippen molar-refractivity contribution in [2.45, 2.75) is 69.7 Å². The maximum Gasteiger partial charge on any atom is 0.331 e. The number of hydrogen-bond acceptors (Lipinski definition) is 2. The Morgan fingerprint density at radius 3 is 2.06 bits per heavy atom. The Morgan fingerprint density at radius 1 is 0.781 bits per heavy atom. The molecule has 166 valence electrons. The van der Waals surface area contributed by atoms with Crippen LogP contribution in [0.2, 0.25) is 0 Å². The third kappa shape index (κ3) is 3.99. The molecular weight excluding hydrogens is 396 g/mol. The van der Waals surface area contributed by atoms with Crippen LogP contribution in [-0.4, -0.2) is 34.3 Å². The van der Waals surface area contributed by atoms with Crippen molar-refractivity contribution in [2.24, 2.45) is 0 Å². The summed E-state index contributed by atoms with van der Waals surface area (Å²) in [6.45, 7) is 0.613. The number of carbonyl (C=O) groups is 2. The Balaban J connectivity index is 1.55. The van der Waals surface area contributed by atoms with E-state index in [1.807, 2.05) is 53.4 Å². The van der Waals surface area contributed by atoms with Gasteiger partial charge in [-0.2, -0.15) is 0 Å². The van der Waals surface area contributed by atoms with E-state index >= 15 is 0 Å². The molecule has 1 atom stereocenters. The molecule has 3 aliphatic rings. The number of nitrogens with zero attached hydrogens (tertiary/aromatic N) is 2. The molecule has 4 nitrogen and oxygen atoms in total. The first-order valence-electron chi connectivity index (χ1n) is 12.2. The molecule has 0 spiro atoms. The Hall–Kier alpha value is -2.88. The molecule has 1 unspecified atom stereocenters. The summed E-state index contributed by atoms with van der Waals surface area (Å²) in [5.74, 6) is -0.389. The second kappa shape index (κ2) is 9.32. The fourth-order valence-electron chi connectivity index (χ4n) is 5.47. The van der Waals surface area contributed by atoms with Gasteiger partial charge in [0.2, 0.25) is 5.91 Å². The number of hydrogen-bond donors (Lipinski definition) is 0. The minimum Gasteiger partial charge on any atom is -0.296 e. The van der Waals surface area contributed by atoms with Gasteiger partial charge in [-0.3, -0.25) is 14.6 Å². The van der Waals surface area contributed by atoms with Crippen LogP contribution in [0.25, 0.3) is 0 Å². The van der Waals surface area contributed by atoms with E-state index in [9.17, 15) is 9.59 Å². The predicted molar refractivity (Wildman–Crippen MR) is 126 cm³/mol. The second-order valence-electron chi connectivity index (χ2n) is 9.36. The molecule has 2 aliphatic carbocycles. The maximum atomic E-state index is 14.0. The van der Waals surface area contributed by atoms with Crippen molar-refractivity contribution in [1.82, 2.24) is 9.80 Å². The third-order valence-electron chi connectivity index (χ3n) is 7.34. The van der Waals surface area contributed by atoms with Crippen molar-refractivity contribution in [1.29, 1.82) is 0 Å². The van der Waals surface area contributed by atoms with Crippen molar-refractivity contribution < 1.29 is 9.59 Å². The first-order chi connectivity index (χ1) is 15.7. The molecule has 0 aromatic heterocycles. The van der Waals surface area contributed by atoms with Crippen molar-refractivity contribution >= 4 is 11.9 Å². The number of urea groups is 1. The van der Waals surface area contributed by atoms with E-state index in [4.69, 9.17) is 0 Å². The number of rotatable bonds is 5. The molecule has 4 heteroatoms. The summed E-state index contributed by atoms with van der Waals surface area (Å²) >= 11 is 0. The van der Waals surface area contributed by atoms with Crippen LogP contribution < -0.4 is 0 Å². The SMILES string of the molecule is O=C1C(c2ccccc2)C(=C2CCC2)N(CCc2ccccc2)C(=O)N1C1CCCCC1. The van der Waals surface area contributed by atoms with Crippen molar-refractivity contribution in [3.8, 4) is 0 Å². The summed E-state index contributed by atoms with van der Waals surface area (Å²) in [4.78, 5) is 31.5. The Morgan fingerprint density at radius 2 is 1.44 bits per heavy atom. The van der Waals surface area contributed by atoms with Crippen LogP contribution in [-0.2, 0) is 11.2 Å². The summed E-state index contributed by atoms with van der Waals surface area (Å²) in [6.07, 6.45) is 9.15. The molecule has 1 heterocycles. The number of benzene rings is 2. The average Bonchev–Trinajstić information content (AvgIpc) is 2.80. The van der Waals surface area contributed by atoms with Gasteiger partial charge in [-0.25, -0.2) is 4.79 Å². The summed E-state index contributed by atoms with van der Waals surface area (Å²) in [5.41, 5.74) is 4.48. The predicted octanol–water partition coefficient (Wildman–Crippen LogP) is 6.05. The third-order valence-corrected chi connectivity index (χ3v) is 7.34. The van der Waals surface area contributed by atoms with Crippen LogP contribution in [0.5, 0.6) is 0 Å². The lowest BCUT2D eigenvalue weighted by Crippen LogP contribution is -2.59. The fraction of sp³-hybridized carbons (Fsp3) is 0.429.